The summed E-state index contributed by atoms with van der Waals surface area (Å²) < 4.78 is 12.2. The van der Waals surface area contributed by atoms with E-state index < -0.39 is 0 Å². The Morgan fingerprint density at radius 2 is 1.80 bits per heavy atom. The van der Waals surface area contributed by atoms with Gasteiger partial charge >= 0.3 is 0 Å². The van der Waals surface area contributed by atoms with Crippen LogP contribution in [0.2, 0.25) is 0 Å². The van der Waals surface area contributed by atoms with Crippen molar-refractivity contribution in [2.24, 2.45) is 0 Å². The van der Waals surface area contributed by atoms with Gasteiger partial charge in [-0.05, 0) is 12.1 Å². The number of nitrogens with zero attached hydrogens (tertiary/aromatic N) is 3. The lowest BCUT2D eigenvalue weighted by molar-refractivity contribution is 0.369. The minimum absolute atomic E-state index is 0.462. The fraction of sp³-hybridized carbons (Fsp3) is 0.143. The topological polar surface area (TPSA) is 74.7 Å². The van der Waals surface area contributed by atoms with Crippen molar-refractivity contribution in [2.75, 3.05) is 20.0 Å². The lowest BCUT2D eigenvalue weighted by atomic mass is 10.1. The highest BCUT2D eigenvalue weighted by atomic mass is 16.5. The van der Waals surface area contributed by atoms with Gasteiger partial charge in [0.05, 0.1) is 26.0 Å². The molecule has 0 bridgehead atoms. The quantitative estimate of drug-likeness (QED) is 0.737. The number of nitrogens with two attached hydrogens (primary N) is 1. The molecule has 2 aromatic heterocycles. The fourth-order valence-corrected chi connectivity index (χ4v) is 1.97. The van der Waals surface area contributed by atoms with E-state index in [1.807, 2.05) is 30.5 Å². The number of hydrogen-bond donors (Lipinski definition) is 1. The molecule has 0 aliphatic heterocycles. The summed E-state index contributed by atoms with van der Waals surface area (Å²) in [5.41, 5.74) is 8.17. The van der Waals surface area contributed by atoms with Gasteiger partial charge in [-0.25, -0.2) is 4.98 Å². The number of ether oxygens (including phenoxy) is 2. The van der Waals surface area contributed by atoms with E-state index in [4.69, 9.17) is 15.2 Å². The highest BCUT2D eigenvalue weighted by molar-refractivity contribution is 5.64. The van der Waals surface area contributed by atoms with E-state index in [2.05, 4.69) is 9.97 Å². The average molecular weight is 270 g/mol. The average Bonchev–Trinajstić information content (AvgIpc) is 2.90. The van der Waals surface area contributed by atoms with Gasteiger partial charge < -0.3 is 15.2 Å². The van der Waals surface area contributed by atoms with Gasteiger partial charge in [0.15, 0.2) is 0 Å². The molecule has 0 aliphatic rings. The van der Waals surface area contributed by atoms with Crippen LogP contribution in [0, 0.1) is 0 Å². The van der Waals surface area contributed by atoms with Crippen molar-refractivity contribution in [3.63, 3.8) is 0 Å². The first-order valence-electron chi connectivity index (χ1n) is 6.05. The molecule has 2 N–H and O–H groups in total. The molecule has 0 atom stereocenters. The number of methoxy groups -OCH3 is 2. The fourth-order valence-electron chi connectivity index (χ4n) is 1.97. The molecule has 0 fully saturated rings. The van der Waals surface area contributed by atoms with E-state index in [1.165, 1.54) is 0 Å². The summed E-state index contributed by atoms with van der Waals surface area (Å²) in [5.74, 6) is 1.60. The first-order chi connectivity index (χ1) is 9.71. The molecule has 6 heteroatoms. The summed E-state index contributed by atoms with van der Waals surface area (Å²) in [5, 5.41) is 0. The number of benzene rings is 1. The SMILES string of the molecule is COc1cc(OC)n2cc(-c3ccc(N)cc3)nc2n1. The molecule has 0 saturated carbocycles. The minimum Gasteiger partial charge on any atom is -0.482 e. The lowest BCUT2D eigenvalue weighted by Gasteiger charge is -2.04. The Morgan fingerprint density at radius 3 is 2.45 bits per heavy atom. The molecule has 3 rings (SSSR count). The molecular formula is C14H14N4O2. The molecule has 0 radical (unpaired) electrons. The van der Waals surface area contributed by atoms with Crippen molar-refractivity contribution in [1.29, 1.82) is 0 Å². The van der Waals surface area contributed by atoms with Crippen LogP contribution in [0.25, 0.3) is 17.0 Å². The van der Waals surface area contributed by atoms with Gasteiger partial charge in [0, 0.05) is 17.4 Å². The number of rotatable bonds is 3. The molecule has 0 amide bonds. The van der Waals surface area contributed by atoms with Gasteiger partial charge in [0.2, 0.25) is 17.5 Å². The Labute approximate surface area is 115 Å². The second-order valence-electron chi connectivity index (χ2n) is 4.26. The third-order valence-corrected chi connectivity index (χ3v) is 3.01. The van der Waals surface area contributed by atoms with E-state index >= 15 is 0 Å². The zero-order valence-corrected chi connectivity index (χ0v) is 11.2. The number of nitrogen functional groups attached to an aromatic ring is 1. The molecule has 0 spiro atoms. The van der Waals surface area contributed by atoms with Crippen molar-refractivity contribution in [3.05, 3.63) is 36.5 Å². The Kier molecular flexibility index (Phi) is 2.90. The Hall–Kier alpha value is -2.76. The van der Waals surface area contributed by atoms with Crippen LogP contribution in [0.4, 0.5) is 5.69 Å². The normalized spacial score (nSPS) is 10.7. The zero-order chi connectivity index (χ0) is 14.1. The van der Waals surface area contributed by atoms with Gasteiger partial charge in [0.1, 0.15) is 0 Å². The Morgan fingerprint density at radius 1 is 1.05 bits per heavy atom. The van der Waals surface area contributed by atoms with E-state index in [-0.39, 0.29) is 0 Å². The third kappa shape index (κ3) is 2.01. The molecule has 102 valence electrons. The number of anilines is 1. The maximum Gasteiger partial charge on any atom is 0.240 e. The summed E-state index contributed by atoms with van der Waals surface area (Å²) in [6.45, 7) is 0. The predicted molar refractivity (Wildman–Crippen MR) is 75.9 cm³/mol. The first-order valence-corrected chi connectivity index (χ1v) is 6.05. The Balaban J connectivity index is 2.16. The second kappa shape index (κ2) is 4.73. The monoisotopic (exact) mass is 270 g/mol. The third-order valence-electron chi connectivity index (χ3n) is 3.01. The van der Waals surface area contributed by atoms with Gasteiger partial charge in [-0.1, -0.05) is 12.1 Å². The van der Waals surface area contributed by atoms with Crippen molar-refractivity contribution < 1.29 is 9.47 Å². The van der Waals surface area contributed by atoms with Crippen LogP contribution >= 0.6 is 0 Å². The van der Waals surface area contributed by atoms with Crippen LogP contribution in [0.15, 0.2) is 36.5 Å². The number of aromatic nitrogens is 3. The number of imidazole rings is 1. The van der Waals surface area contributed by atoms with Crippen LogP contribution in [-0.4, -0.2) is 28.6 Å². The molecule has 1 aromatic carbocycles. The predicted octanol–water partition coefficient (Wildman–Crippen LogP) is 2.00. The van der Waals surface area contributed by atoms with Crippen molar-refractivity contribution in [2.45, 2.75) is 0 Å². The maximum atomic E-state index is 5.69. The maximum absolute atomic E-state index is 5.69. The van der Waals surface area contributed by atoms with Crippen LogP contribution in [-0.2, 0) is 0 Å². The van der Waals surface area contributed by atoms with E-state index in [0.717, 1.165) is 16.9 Å². The smallest absolute Gasteiger partial charge is 0.240 e. The number of fused-ring (bicyclic) bond motifs is 1. The number of hydrogen-bond acceptors (Lipinski definition) is 5. The largest absolute Gasteiger partial charge is 0.482 e. The van der Waals surface area contributed by atoms with Crippen molar-refractivity contribution >= 4 is 11.5 Å². The van der Waals surface area contributed by atoms with E-state index in [1.54, 1.807) is 24.7 Å². The van der Waals surface area contributed by atoms with Gasteiger partial charge in [-0.15, -0.1) is 0 Å². The van der Waals surface area contributed by atoms with Crippen LogP contribution in [0.3, 0.4) is 0 Å². The summed E-state index contributed by atoms with van der Waals surface area (Å²) in [6.07, 6.45) is 1.87. The molecule has 2 heterocycles. The van der Waals surface area contributed by atoms with Crippen LogP contribution in [0.5, 0.6) is 11.8 Å². The summed E-state index contributed by atoms with van der Waals surface area (Å²) >= 11 is 0. The molecule has 0 aliphatic carbocycles. The summed E-state index contributed by atoms with van der Waals surface area (Å²) in [6, 6.07) is 9.22. The van der Waals surface area contributed by atoms with Gasteiger partial charge in [-0.2, -0.15) is 4.98 Å². The highest BCUT2D eigenvalue weighted by Gasteiger charge is 2.11. The van der Waals surface area contributed by atoms with Crippen molar-refractivity contribution in [3.8, 4) is 23.0 Å². The standard InChI is InChI=1S/C14H14N4O2/c1-19-12-7-13(20-2)18-8-11(16-14(18)17-12)9-3-5-10(15)6-4-9/h3-8H,15H2,1-2H3. The summed E-state index contributed by atoms with van der Waals surface area (Å²) in [4.78, 5) is 8.77. The summed E-state index contributed by atoms with van der Waals surface area (Å²) in [7, 11) is 3.15. The van der Waals surface area contributed by atoms with E-state index in [0.29, 0.717) is 17.5 Å². The Bertz CT molecular complexity index is 750. The minimum atomic E-state index is 0.462. The zero-order valence-electron chi connectivity index (χ0n) is 11.2. The van der Waals surface area contributed by atoms with Gasteiger partial charge in [-0.3, -0.25) is 4.40 Å². The van der Waals surface area contributed by atoms with E-state index in [9.17, 15) is 0 Å². The molecule has 20 heavy (non-hydrogen) atoms. The molecule has 3 aromatic rings. The van der Waals surface area contributed by atoms with Gasteiger partial charge in [0.25, 0.3) is 0 Å². The second-order valence-corrected chi connectivity index (χ2v) is 4.26. The molecular weight excluding hydrogens is 256 g/mol. The molecule has 0 unspecified atom stereocenters. The highest BCUT2D eigenvalue weighted by Crippen LogP contribution is 2.25. The van der Waals surface area contributed by atoms with Crippen molar-refractivity contribution in [1.82, 2.24) is 14.4 Å². The first kappa shape index (κ1) is 12.3. The molecule has 6 nitrogen and oxygen atoms in total. The van der Waals surface area contributed by atoms with Crippen LogP contribution in [0.1, 0.15) is 0 Å². The lowest BCUT2D eigenvalue weighted by Crippen LogP contribution is -1.97. The van der Waals surface area contributed by atoms with Crippen LogP contribution < -0.4 is 15.2 Å². The molecule has 0 saturated heterocycles.